The standard InChI is InChI=1S/C20H17N3OS2/c1-13-17(25-14(2)21-13)19-22-23-20(24-19)26-18(15-9-5-3-6-10-15)16-11-7-4-8-12-16/h3-12,18H,1-2H3. The molecule has 130 valence electrons. The van der Waals surface area contributed by atoms with Crippen molar-refractivity contribution in [2.45, 2.75) is 24.3 Å². The smallest absolute Gasteiger partial charge is 0.277 e. The summed E-state index contributed by atoms with van der Waals surface area (Å²) in [6.45, 7) is 3.95. The van der Waals surface area contributed by atoms with Gasteiger partial charge in [-0.25, -0.2) is 4.98 Å². The van der Waals surface area contributed by atoms with E-state index in [-0.39, 0.29) is 5.25 Å². The summed E-state index contributed by atoms with van der Waals surface area (Å²) in [5.74, 6) is 0.537. The SMILES string of the molecule is Cc1nc(C)c(-c2nnc(SC(c3ccccc3)c3ccccc3)o2)s1. The molecule has 0 bridgehead atoms. The fraction of sp³-hybridized carbons (Fsp3) is 0.150. The minimum Gasteiger partial charge on any atom is -0.410 e. The van der Waals surface area contributed by atoms with E-state index in [2.05, 4.69) is 63.7 Å². The van der Waals surface area contributed by atoms with Crippen molar-refractivity contribution in [1.82, 2.24) is 15.2 Å². The molecule has 0 spiro atoms. The molecule has 0 aliphatic heterocycles. The van der Waals surface area contributed by atoms with Gasteiger partial charge in [-0.3, -0.25) is 0 Å². The van der Waals surface area contributed by atoms with Crippen LogP contribution in [0.5, 0.6) is 0 Å². The number of nitrogens with zero attached hydrogens (tertiary/aromatic N) is 3. The van der Waals surface area contributed by atoms with Crippen molar-refractivity contribution in [3.63, 3.8) is 0 Å². The van der Waals surface area contributed by atoms with Gasteiger partial charge in [-0.2, -0.15) is 0 Å². The zero-order chi connectivity index (χ0) is 17.9. The third kappa shape index (κ3) is 3.57. The summed E-state index contributed by atoms with van der Waals surface area (Å²) >= 11 is 3.14. The highest BCUT2D eigenvalue weighted by atomic mass is 32.2. The molecule has 0 amide bonds. The summed E-state index contributed by atoms with van der Waals surface area (Å²) in [4.78, 5) is 5.38. The van der Waals surface area contributed by atoms with Crippen LogP contribution in [0, 0.1) is 13.8 Å². The second-order valence-electron chi connectivity index (χ2n) is 5.84. The first kappa shape index (κ1) is 17.0. The van der Waals surface area contributed by atoms with Gasteiger partial charge in [-0.1, -0.05) is 72.4 Å². The highest BCUT2D eigenvalue weighted by Crippen LogP contribution is 2.41. The van der Waals surface area contributed by atoms with Gasteiger partial charge >= 0.3 is 0 Å². The molecule has 2 aromatic heterocycles. The molecule has 0 atom stereocenters. The van der Waals surface area contributed by atoms with Gasteiger partial charge in [0.25, 0.3) is 11.1 Å². The van der Waals surface area contributed by atoms with Crippen LogP contribution in [0.15, 0.2) is 70.3 Å². The largest absolute Gasteiger partial charge is 0.410 e. The number of rotatable bonds is 5. The molecule has 0 fully saturated rings. The second kappa shape index (κ2) is 7.43. The minimum absolute atomic E-state index is 0.0926. The van der Waals surface area contributed by atoms with E-state index in [1.54, 1.807) is 23.1 Å². The van der Waals surface area contributed by atoms with E-state index in [9.17, 15) is 0 Å². The molecule has 4 rings (SSSR count). The third-order valence-electron chi connectivity index (χ3n) is 3.93. The lowest BCUT2D eigenvalue weighted by molar-refractivity contribution is 0.466. The van der Waals surface area contributed by atoms with Crippen LogP contribution in [0.1, 0.15) is 27.1 Å². The van der Waals surface area contributed by atoms with Crippen LogP contribution in [0.4, 0.5) is 0 Å². The van der Waals surface area contributed by atoms with Crippen molar-refractivity contribution in [2.75, 3.05) is 0 Å². The van der Waals surface area contributed by atoms with Gasteiger partial charge in [0.2, 0.25) is 0 Å². The summed E-state index contributed by atoms with van der Waals surface area (Å²) in [5, 5.41) is 10.1. The minimum atomic E-state index is 0.0926. The Balaban J connectivity index is 1.66. The Kier molecular flexibility index (Phi) is 4.86. The van der Waals surface area contributed by atoms with E-state index in [1.807, 2.05) is 26.0 Å². The van der Waals surface area contributed by atoms with Crippen LogP contribution < -0.4 is 0 Å². The Morgan fingerprint density at radius 3 is 2.04 bits per heavy atom. The maximum absolute atomic E-state index is 5.95. The summed E-state index contributed by atoms with van der Waals surface area (Å²) in [6.07, 6.45) is 0. The van der Waals surface area contributed by atoms with Crippen molar-refractivity contribution in [2.24, 2.45) is 0 Å². The molecule has 0 saturated heterocycles. The number of hydrogen-bond acceptors (Lipinski definition) is 6. The fourth-order valence-electron chi connectivity index (χ4n) is 2.76. The van der Waals surface area contributed by atoms with Crippen molar-refractivity contribution < 1.29 is 4.42 Å². The quantitative estimate of drug-likeness (QED) is 0.417. The molecular weight excluding hydrogens is 362 g/mol. The van der Waals surface area contributed by atoms with Gasteiger partial charge in [0.05, 0.1) is 16.0 Å². The first-order valence-corrected chi connectivity index (χ1v) is 9.95. The Bertz CT molecular complexity index is 957. The molecule has 0 aliphatic carbocycles. The van der Waals surface area contributed by atoms with Crippen LogP contribution >= 0.6 is 23.1 Å². The van der Waals surface area contributed by atoms with Gasteiger partial charge in [0.1, 0.15) is 4.88 Å². The molecule has 4 aromatic rings. The lowest BCUT2D eigenvalue weighted by Crippen LogP contribution is -1.96. The van der Waals surface area contributed by atoms with Crippen molar-refractivity contribution in [3.8, 4) is 10.8 Å². The first-order valence-electron chi connectivity index (χ1n) is 8.25. The Morgan fingerprint density at radius 1 is 0.885 bits per heavy atom. The maximum atomic E-state index is 5.95. The number of thiazole rings is 1. The van der Waals surface area contributed by atoms with E-state index < -0.39 is 0 Å². The number of thioether (sulfide) groups is 1. The lowest BCUT2D eigenvalue weighted by atomic mass is 10.0. The van der Waals surface area contributed by atoms with Gasteiger partial charge in [-0.15, -0.1) is 21.5 Å². The highest BCUT2D eigenvalue weighted by Gasteiger charge is 2.21. The molecule has 2 aromatic carbocycles. The van der Waals surface area contributed by atoms with Gasteiger partial charge in [0.15, 0.2) is 0 Å². The molecular formula is C20H17N3OS2. The molecule has 2 heterocycles. The van der Waals surface area contributed by atoms with Crippen LogP contribution in [0.2, 0.25) is 0 Å². The second-order valence-corrected chi connectivity index (χ2v) is 8.10. The molecule has 0 unspecified atom stereocenters. The third-order valence-corrected chi connectivity index (χ3v) is 6.14. The average molecular weight is 380 g/mol. The normalized spacial score (nSPS) is 11.2. The van der Waals surface area contributed by atoms with Gasteiger partial charge in [-0.05, 0) is 25.0 Å². The van der Waals surface area contributed by atoms with E-state index in [0.717, 1.165) is 15.6 Å². The lowest BCUT2D eigenvalue weighted by Gasteiger charge is -2.15. The van der Waals surface area contributed by atoms with Crippen molar-refractivity contribution in [1.29, 1.82) is 0 Å². The van der Waals surface area contributed by atoms with Crippen LogP contribution in [-0.2, 0) is 0 Å². The number of hydrogen-bond donors (Lipinski definition) is 0. The number of benzene rings is 2. The zero-order valence-electron chi connectivity index (χ0n) is 14.4. The van der Waals surface area contributed by atoms with Gasteiger partial charge in [0, 0.05) is 0 Å². The first-order chi connectivity index (χ1) is 12.7. The summed E-state index contributed by atoms with van der Waals surface area (Å²) < 4.78 is 5.95. The van der Waals surface area contributed by atoms with Crippen molar-refractivity contribution >= 4 is 23.1 Å². The molecule has 0 radical (unpaired) electrons. The number of aryl methyl sites for hydroxylation is 2. The molecule has 0 aliphatic rings. The van der Waals surface area contributed by atoms with E-state index >= 15 is 0 Å². The molecule has 0 saturated carbocycles. The topological polar surface area (TPSA) is 51.8 Å². The fourth-order valence-corrected chi connectivity index (χ4v) is 4.61. The van der Waals surface area contributed by atoms with E-state index in [0.29, 0.717) is 11.1 Å². The van der Waals surface area contributed by atoms with Gasteiger partial charge < -0.3 is 4.42 Å². The predicted octanol–water partition coefficient (Wildman–Crippen LogP) is 5.69. The molecule has 0 N–H and O–H groups in total. The van der Waals surface area contributed by atoms with Crippen LogP contribution in [-0.4, -0.2) is 15.2 Å². The Labute approximate surface area is 160 Å². The molecule has 26 heavy (non-hydrogen) atoms. The summed E-state index contributed by atoms with van der Waals surface area (Å²) in [7, 11) is 0. The monoisotopic (exact) mass is 379 g/mol. The molecule has 4 nitrogen and oxygen atoms in total. The Morgan fingerprint density at radius 2 is 1.50 bits per heavy atom. The van der Waals surface area contributed by atoms with E-state index in [4.69, 9.17) is 4.42 Å². The van der Waals surface area contributed by atoms with Crippen molar-refractivity contribution in [3.05, 3.63) is 82.5 Å². The highest BCUT2D eigenvalue weighted by molar-refractivity contribution is 7.99. The molecule has 6 heteroatoms. The summed E-state index contributed by atoms with van der Waals surface area (Å²) in [5.41, 5.74) is 3.33. The predicted molar refractivity (Wildman–Crippen MR) is 105 cm³/mol. The Hall–Kier alpha value is -2.44. The van der Waals surface area contributed by atoms with E-state index in [1.165, 1.54) is 11.1 Å². The van der Waals surface area contributed by atoms with Crippen LogP contribution in [0.25, 0.3) is 10.8 Å². The maximum Gasteiger partial charge on any atom is 0.277 e. The number of aromatic nitrogens is 3. The zero-order valence-corrected chi connectivity index (χ0v) is 16.1. The average Bonchev–Trinajstić information content (AvgIpc) is 3.27. The van der Waals surface area contributed by atoms with Crippen LogP contribution in [0.3, 0.4) is 0 Å². The summed E-state index contributed by atoms with van der Waals surface area (Å²) in [6, 6.07) is 20.7.